The summed E-state index contributed by atoms with van der Waals surface area (Å²) in [5.41, 5.74) is -1.10. The lowest BCUT2D eigenvalue weighted by Crippen LogP contribution is -2.53. The second-order valence-corrected chi connectivity index (χ2v) is 18.2. The van der Waals surface area contributed by atoms with E-state index in [2.05, 4.69) is 86.5 Å². The lowest BCUT2D eigenvalue weighted by Gasteiger charge is -2.51. The zero-order valence-electron chi connectivity index (χ0n) is 24.0. The molecule has 0 aromatic heterocycles. The maximum atomic E-state index is 13.7. The summed E-state index contributed by atoms with van der Waals surface area (Å²) >= 11 is 0. The molecule has 2 fully saturated rings. The van der Waals surface area contributed by atoms with Gasteiger partial charge in [0.25, 0.3) is 0 Å². The van der Waals surface area contributed by atoms with E-state index in [1.54, 1.807) is 0 Å². The Hall–Kier alpha value is -0.496. The SMILES string of the molecule is C=CC[C@]1(O[SiH](C)C)C(=O)C[C@@H](C(C)(C)C)[C@@H]1C=C[C@@](O[SiH](C)C)(C1CCCCC1)C(C)(C)C. The van der Waals surface area contributed by atoms with E-state index in [4.69, 9.17) is 8.85 Å². The molecule has 0 N–H and O–H groups in total. The second kappa shape index (κ2) is 11.3. The van der Waals surface area contributed by atoms with Crippen LogP contribution in [-0.2, 0) is 13.6 Å². The lowest BCUT2D eigenvalue weighted by molar-refractivity contribution is -0.132. The van der Waals surface area contributed by atoms with Gasteiger partial charge in [-0.3, -0.25) is 4.79 Å². The normalized spacial score (nSPS) is 29.4. The standard InChI is InChI=1S/C29H54O3Si2/c1-12-19-28(31-33(8)9)23(24(21-25(28)30)26(2,3)4)18-20-29(27(5,6)7,32-34(10)11)22-16-14-13-15-17-22/h12,18,20,22-24,33-34H,1,13-17,19,21H2,2-11H3/t23-,24+,28+,29+/m0/s1. The summed E-state index contributed by atoms with van der Waals surface area (Å²) in [5, 5.41) is 0. The van der Waals surface area contributed by atoms with Gasteiger partial charge >= 0.3 is 0 Å². The third-order valence-electron chi connectivity index (χ3n) is 8.22. The Bertz CT molecular complexity index is 725. The Morgan fingerprint density at radius 2 is 1.59 bits per heavy atom. The van der Waals surface area contributed by atoms with E-state index in [0.717, 1.165) is 0 Å². The van der Waals surface area contributed by atoms with Crippen molar-refractivity contribution in [1.82, 2.24) is 0 Å². The molecule has 0 bridgehead atoms. The monoisotopic (exact) mass is 506 g/mol. The number of hydrogen-bond acceptors (Lipinski definition) is 3. The molecule has 2 aliphatic carbocycles. The Labute approximate surface area is 214 Å². The van der Waals surface area contributed by atoms with Crippen LogP contribution in [0.15, 0.2) is 24.8 Å². The van der Waals surface area contributed by atoms with Crippen LogP contribution >= 0.6 is 0 Å². The summed E-state index contributed by atoms with van der Waals surface area (Å²) in [5.74, 6) is 1.06. The van der Waals surface area contributed by atoms with Crippen LogP contribution in [0.2, 0.25) is 26.2 Å². The van der Waals surface area contributed by atoms with Gasteiger partial charge in [0.15, 0.2) is 23.9 Å². The first kappa shape index (κ1) is 29.7. The molecule has 0 saturated heterocycles. The molecule has 5 heteroatoms. The van der Waals surface area contributed by atoms with E-state index < -0.39 is 23.7 Å². The van der Waals surface area contributed by atoms with Crippen LogP contribution in [-0.4, -0.2) is 35.1 Å². The number of Topliss-reactive ketones (excluding diaryl/α,β-unsaturated/α-hetero) is 1. The quantitative estimate of drug-likeness (QED) is 0.240. The van der Waals surface area contributed by atoms with Crippen molar-refractivity contribution in [2.45, 2.75) is 124 Å². The fraction of sp³-hybridized carbons (Fsp3) is 0.828. The van der Waals surface area contributed by atoms with Gasteiger partial charge in [0.2, 0.25) is 0 Å². The van der Waals surface area contributed by atoms with E-state index in [0.29, 0.717) is 18.8 Å². The van der Waals surface area contributed by atoms with Crippen molar-refractivity contribution >= 4 is 23.9 Å². The van der Waals surface area contributed by atoms with Gasteiger partial charge in [-0.15, -0.1) is 6.58 Å². The highest BCUT2D eigenvalue weighted by Crippen LogP contribution is 2.53. The molecular formula is C29H54O3Si2. The van der Waals surface area contributed by atoms with Crippen LogP contribution in [0.4, 0.5) is 0 Å². The topological polar surface area (TPSA) is 35.5 Å². The van der Waals surface area contributed by atoms with Gasteiger partial charge in [-0.25, -0.2) is 0 Å². The van der Waals surface area contributed by atoms with Crippen molar-refractivity contribution in [3.63, 3.8) is 0 Å². The zero-order chi connectivity index (χ0) is 25.9. The first-order valence-electron chi connectivity index (χ1n) is 13.8. The number of hydrogen-bond donors (Lipinski definition) is 0. The minimum absolute atomic E-state index is 0.0123. The van der Waals surface area contributed by atoms with Crippen LogP contribution in [0.25, 0.3) is 0 Å². The van der Waals surface area contributed by atoms with Crippen LogP contribution in [0, 0.1) is 28.6 Å². The van der Waals surface area contributed by atoms with Crippen molar-refractivity contribution in [3.8, 4) is 0 Å². The van der Waals surface area contributed by atoms with E-state index in [9.17, 15) is 4.79 Å². The summed E-state index contributed by atoms with van der Waals surface area (Å²) in [6.45, 7) is 26.8. The zero-order valence-corrected chi connectivity index (χ0v) is 26.3. The molecule has 0 heterocycles. The summed E-state index contributed by atoms with van der Waals surface area (Å²) in [7, 11) is -2.78. The Balaban J connectivity index is 2.69. The summed E-state index contributed by atoms with van der Waals surface area (Å²) in [6.07, 6.45) is 14.2. The molecule has 0 amide bonds. The first-order chi connectivity index (χ1) is 15.6. The van der Waals surface area contributed by atoms with Gasteiger partial charge in [0.1, 0.15) is 5.60 Å². The van der Waals surface area contributed by atoms with Crippen molar-refractivity contribution in [2.75, 3.05) is 0 Å². The molecule has 0 radical (unpaired) electrons. The van der Waals surface area contributed by atoms with Crippen LogP contribution in [0.3, 0.4) is 0 Å². The Morgan fingerprint density at radius 1 is 1.00 bits per heavy atom. The maximum absolute atomic E-state index is 13.7. The third-order valence-corrected chi connectivity index (χ3v) is 9.97. The highest BCUT2D eigenvalue weighted by Gasteiger charge is 2.57. The number of carbonyl (C=O) groups excluding carboxylic acids is 1. The molecule has 0 aromatic rings. The molecular weight excluding hydrogens is 452 g/mol. The molecule has 0 aromatic carbocycles. The molecule has 2 aliphatic rings. The average Bonchev–Trinajstić information content (AvgIpc) is 2.96. The molecule has 3 nitrogen and oxygen atoms in total. The highest BCUT2D eigenvalue weighted by atomic mass is 28.3. The largest absolute Gasteiger partial charge is 0.411 e. The molecule has 34 heavy (non-hydrogen) atoms. The molecule has 0 aliphatic heterocycles. The van der Waals surface area contributed by atoms with E-state index >= 15 is 0 Å². The molecule has 2 rings (SSSR count). The van der Waals surface area contributed by atoms with Crippen molar-refractivity contribution in [3.05, 3.63) is 24.8 Å². The van der Waals surface area contributed by atoms with Crippen LogP contribution in [0.5, 0.6) is 0 Å². The fourth-order valence-corrected chi connectivity index (χ4v) is 9.33. The highest BCUT2D eigenvalue weighted by molar-refractivity contribution is 6.49. The minimum Gasteiger partial charge on any atom is -0.411 e. The van der Waals surface area contributed by atoms with Gasteiger partial charge in [-0.1, -0.05) is 79.0 Å². The van der Waals surface area contributed by atoms with Crippen molar-refractivity contribution in [1.29, 1.82) is 0 Å². The summed E-state index contributed by atoms with van der Waals surface area (Å²) in [4.78, 5) is 13.7. The van der Waals surface area contributed by atoms with Gasteiger partial charge in [0, 0.05) is 18.8 Å². The Morgan fingerprint density at radius 3 is 2.03 bits per heavy atom. The average molecular weight is 507 g/mol. The van der Waals surface area contributed by atoms with E-state index in [-0.39, 0.29) is 34.1 Å². The van der Waals surface area contributed by atoms with E-state index in [1.807, 2.05) is 6.08 Å². The summed E-state index contributed by atoms with van der Waals surface area (Å²) < 4.78 is 13.8. The maximum Gasteiger partial charge on any atom is 0.172 e. The molecule has 0 spiro atoms. The fourth-order valence-electron chi connectivity index (χ4n) is 6.70. The number of rotatable bonds is 9. The minimum atomic E-state index is -1.46. The van der Waals surface area contributed by atoms with Gasteiger partial charge in [-0.2, -0.15) is 0 Å². The third kappa shape index (κ3) is 6.25. The predicted octanol–water partition coefficient (Wildman–Crippen LogP) is 7.47. The van der Waals surface area contributed by atoms with Gasteiger partial charge < -0.3 is 8.85 Å². The number of carbonyl (C=O) groups is 1. The molecule has 2 saturated carbocycles. The smallest absolute Gasteiger partial charge is 0.172 e. The van der Waals surface area contributed by atoms with Crippen LogP contribution in [0.1, 0.15) is 86.5 Å². The summed E-state index contributed by atoms with van der Waals surface area (Å²) in [6, 6.07) is 0. The van der Waals surface area contributed by atoms with Crippen molar-refractivity contribution < 1.29 is 13.6 Å². The second-order valence-electron chi connectivity index (χ2n) is 13.6. The number of ketones is 1. The Kier molecular flexibility index (Phi) is 9.85. The van der Waals surface area contributed by atoms with E-state index in [1.165, 1.54) is 32.1 Å². The van der Waals surface area contributed by atoms with Gasteiger partial charge in [-0.05, 0) is 61.7 Å². The lowest BCUT2D eigenvalue weighted by atomic mass is 9.63. The predicted molar refractivity (Wildman–Crippen MR) is 151 cm³/mol. The first-order valence-corrected chi connectivity index (χ1v) is 19.4. The van der Waals surface area contributed by atoms with Crippen LogP contribution < -0.4 is 0 Å². The van der Waals surface area contributed by atoms with Crippen molar-refractivity contribution in [2.24, 2.45) is 28.6 Å². The molecule has 196 valence electrons. The molecule has 4 atom stereocenters. The molecule has 0 unspecified atom stereocenters. The van der Waals surface area contributed by atoms with Gasteiger partial charge in [0.05, 0.1) is 5.60 Å².